The van der Waals surface area contributed by atoms with Crippen LogP contribution in [0.3, 0.4) is 0 Å². The fourth-order valence-electron chi connectivity index (χ4n) is 3.63. The van der Waals surface area contributed by atoms with Crippen LogP contribution in [0.1, 0.15) is 57.1 Å². The topological polar surface area (TPSA) is 12.5 Å². The van der Waals surface area contributed by atoms with Crippen molar-refractivity contribution in [1.29, 1.82) is 0 Å². The van der Waals surface area contributed by atoms with Crippen molar-refractivity contribution in [2.45, 2.75) is 82.4 Å². The van der Waals surface area contributed by atoms with Gasteiger partial charge in [-0.1, -0.05) is 39.0 Å². The van der Waals surface area contributed by atoms with Crippen molar-refractivity contribution in [1.82, 2.24) is 4.90 Å². The molecule has 1 saturated carbocycles. The van der Waals surface area contributed by atoms with E-state index in [1.807, 2.05) is 20.2 Å². The monoisotopic (exact) mass is 401 g/mol. The molecule has 0 N–H and O–H groups in total. The van der Waals surface area contributed by atoms with Gasteiger partial charge in [-0.3, -0.25) is 0 Å². The van der Waals surface area contributed by atoms with Crippen LogP contribution in [0.25, 0.3) is 0 Å². The van der Waals surface area contributed by atoms with Gasteiger partial charge >= 0.3 is 6.18 Å². The lowest BCUT2D eigenvalue weighted by molar-refractivity contribution is -0.137. The zero-order valence-electron chi connectivity index (χ0n) is 17.7. The first kappa shape index (κ1) is 22.4. The summed E-state index contributed by atoms with van der Waals surface area (Å²) in [7, 11) is 2.20. The van der Waals surface area contributed by atoms with Crippen LogP contribution in [0.15, 0.2) is 24.3 Å². The fourth-order valence-corrected chi connectivity index (χ4v) is 5.01. The van der Waals surface area contributed by atoms with Crippen molar-refractivity contribution < 1.29 is 17.6 Å². The van der Waals surface area contributed by atoms with Gasteiger partial charge in [0.25, 0.3) is 0 Å². The number of rotatable bonds is 4. The molecule has 1 aromatic rings. The highest BCUT2D eigenvalue weighted by atomic mass is 28.4. The second-order valence-electron chi connectivity index (χ2n) is 9.58. The van der Waals surface area contributed by atoms with Gasteiger partial charge in [0.15, 0.2) is 8.32 Å². The van der Waals surface area contributed by atoms with Crippen LogP contribution in [0, 0.1) is 0 Å². The summed E-state index contributed by atoms with van der Waals surface area (Å²) in [6.45, 7) is 11.2. The van der Waals surface area contributed by atoms with Crippen molar-refractivity contribution in [2.75, 3.05) is 14.1 Å². The Morgan fingerprint density at radius 1 is 1.07 bits per heavy atom. The SMILES string of the molecule is CN(C)[C@H]1C[C@@H](c2cccc(C(F)(F)F)c2)CCC1O[Si](C)(C)C(C)(C)C. The molecular weight excluding hydrogens is 367 g/mol. The van der Waals surface area contributed by atoms with Gasteiger partial charge in [-0.2, -0.15) is 13.2 Å². The van der Waals surface area contributed by atoms with Crippen LogP contribution in [0.5, 0.6) is 0 Å². The molecule has 1 unspecified atom stereocenters. The van der Waals surface area contributed by atoms with E-state index in [0.717, 1.165) is 30.9 Å². The third-order valence-corrected chi connectivity index (χ3v) is 10.9. The van der Waals surface area contributed by atoms with Crippen molar-refractivity contribution in [3.8, 4) is 0 Å². The highest BCUT2D eigenvalue weighted by molar-refractivity contribution is 6.74. The summed E-state index contributed by atoms with van der Waals surface area (Å²) in [6.07, 6.45) is -1.57. The Morgan fingerprint density at radius 2 is 1.70 bits per heavy atom. The summed E-state index contributed by atoms with van der Waals surface area (Å²) in [5.74, 6) is 0.138. The van der Waals surface area contributed by atoms with E-state index >= 15 is 0 Å². The Balaban J connectivity index is 2.19. The first-order valence-electron chi connectivity index (χ1n) is 9.74. The van der Waals surface area contributed by atoms with E-state index in [4.69, 9.17) is 4.43 Å². The van der Waals surface area contributed by atoms with Gasteiger partial charge in [0.1, 0.15) is 0 Å². The summed E-state index contributed by atoms with van der Waals surface area (Å²) in [4.78, 5) is 2.18. The predicted molar refractivity (Wildman–Crippen MR) is 108 cm³/mol. The third-order valence-electron chi connectivity index (χ3n) is 6.36. The number of nitrogens with zero attached hydrogens (tertiary/aromatic N) is 1. The highest BCUT2D eigenvalue weighted by Crippen LogP contribution is 2.42. The van der Waals surface area contributed by atoms with Gasteiger partial charge in [-0.05, 0) is 69.0 Å². The predicted octanol–water partition coefficient (Wildman–Crippen LogP) is 6.29. The molecule has 1 aromatic carbocycles. The minimum absolute atomic E-state index is 0.138. The molecule has 154 valence electrons. The number of hydrogen-bond donors (Lipinski definition) is 0. The Morgan fingerprint density at radius 3 is 2.22 bits per heavy atom. The maximum Gasteiger partial charge on any atom is 0.416 e. The van der Waals surface area contributed by atoms with Crippen molar-refractivity contribution >= 4 is 8.32 Å². The molecule has 2 nitrogen and oxygen atoms in total. The first-order chi connectivity index (χ1) is 12.2. The van der Waals surface area contributed by atoms with Crippen LogP contribution in [-0.4, -0.2) is 39.5 Å². The molecule has 0 heterocycles. The van der Waals surface area contributed by atoms with Crippen LogP contribution in [0.4, 0.5) is 13.2 Å². The summed E-state index contributed by atoms with van der Waals surface area (Å²) in [5.41, 5.74) is 0.239. The molecule has 6 heteroatoms. The van der Waals surface area contributed by atoms with Crippen LogP contribution < -0.4 is 0 Å². The Labute approximate surface area is 163 Å². The van der Waals surface area contributed by atoms with Crippen LogP contribution >= 0.6 is 0 Å². The molecule has 0 spiro atoms. The van der Waals surface area contributed by atoms with Crippen molar-refractivity contribution in [2.24, 2.45) is 0 Å². The van der Waals surface area contributed by atoms with E-state index in [2.05, 4.69) is 38.8 Å². The van der Waals surface area contributed by atoms with Gasteiger partial charge < -0.3 is 9.33 Å². The van der Waals surface area contributed by atoms with Crippen LogP contribution in [-0.2, 0) is 10.6 Å². The molecule has 3 atom stereocenters. The van der Waals surface area contributed by atoms with Gasteiger partial charge in [0.2, 0.25) is 0 Å². The number of alkyl halides is 3. The number of halogens is 3. The molecular formula is C21H34F3NOSi. The van der Waals surface area contributed by atoms with Gasteiger partial charge in [-0.15, -0.1) is 0 Å². The van der Waals surface area contributed by atoms with Crippen LogP contribution in [0.2, 0.25) is 18.1 Å². The zero-order chi connectivity index (χ0) is 20.6. The van der Waals surface area contributed by atoms with E-state index in [9.17, 15) is 13.2 Å². The zero-order valence-corrected chi connectivity index (χ0v) is 18.7. The fraction of sp³-hybridized carbons (Fsp3) is 0.714. The standard InChI is InChI=1S/C21H34F3NOSi/c1-20(2,3)27(6,7)26-19-12-11-16(14-18(19)25(4)5)15-9-8-10-17(13-15)21(22,23)24/h8-10,13,16,18-19H,11-12,14H2,1-7H3/t16-,18-,19?/m0/s1. The molecule has 1 aliphatic rings. The molecule has 0 aromatic heterocycles. The third kappa shape index (κ3) is 5.36. The van der Waals surface area contributed by atoms with Gasteiger partial charge in [0, 0.05) is 6.04 Å². The van der Waals surface area contributed by atoms with E-state index in [1.165, 1.54) is 12.1 Å². The van der Waals surface area contributed by atoms with Gasteiger partial charge in [-0.25, -0.2) is 0 Å². The smallest absolute Gasteiger partial charge is 0.412 e. The molecule has 0 radical (unpaired) electrons. The Hall–Kier alpha value is -0.853. The normalized spacial score (nSPS) is 25.1. The molecule has 1 fully saturated rings. The molecule has 0 bridgehead atoms. The number of likely N-dealkylation sites (N-methyl/N-ethyl adjacent to an activating group) is 1. The average molecular weight is 402 g/mol. The van der Waals surface area contributed by atoms with Crippen molar-refractivity contribution in [3.63, 3.8) is 0 Å². The van der Waals surface area contributed by atoms with E-state index in [0.29, 0.717) is 0 Å². The quantitative estimate of drug-likeness (QED) is 0.550. The molecule has 2 rings (SSSR count). The second-order valence-corrected chi connectivity index (χ2v) is 14.3. The lowest BCUT2D eigenvalue weighted by Crippen LogP contribution is -2.52. The van der Waals surface area contributed by atoms with E-state index in [-0.39, 0.29) is 23.1 Å². The molecule has 27 heavy (non-hydrogen) atoms. The molecule has 0 amide bonds. The van der Waals surface area contributed by atoms with Crippen molar-refractivity contribution in [3.05, 3.63) is 35.4 Å². The maximum atomic E-state index is 13.1. The summed E-state index contributed by atoms with van der Waals surface area (Å²) < 4.78 is 45.9. The first-order valence-corrected chi connectivity index (χ1v) is 12.6. The summed E-state index contributed by atoms with van der Waals surface area (Å²) in [5, 5.41) is 0.141. The number of hydrogen-bond acceptors (Lipinski definition) is 2. The summed E-state index contributed by atoms with van der Waals surface area (Å²) in [6, 6.07) is 6.06. The largest absolute Gasteiger partial charge is 0.416 e. The number of benzene rings is 1. The Bertz CT molecular complexity index is 637. The van der Waals surface area contributed by atoms with E-state index < -0.39 is 20.1 Å². The molecule has 0 saturated heterocycles. The summed E-state index contributed by atoms with van der Waals surface area (Å²) >= 11 is 0. The Kier molecular flexibility index (Phi) is 6.54. The molecule has 1 aliphatic carbocycles. The maximum absolute atomic E-state index is 13.1. The highest BCUT2D eigenvalue weighted by Gasteiger charge is 2.43. The lowest BCUT2D eigenvalue weighted by atomic mass is 9.79. The van der Waals surface area contributed by atoms with Gasteiger partial charge in [0.05, 0.1) is 11.7 Å². The molecule has 0 aliphatic heterocycles. The van der Waals surface area contributed by atoms with E-state index in [1.54, 1.807) is 0 Å². The lowest BCUT2D eigenvalue weighted by Gasteiger charge is -2.46. The minimum Gasteiger partial charge on any atom is -0.412 e. The minimum atomic E-state index is -4.29. The average Bonchev–Trinajstić information content (AvgIpc) is 2.53. The second kappa shape index (κ2) is 7.88.